The Balaban J connectivity index is 0.000001000. The average molecular weight is 435 g/mol. The van der Waals surface area contributed by atoms with E-state index in [0.29, 0.717) is 5.82 Å². The van der Waals surface area contributed by atoms with Crippen LogP contribution in [0.1, 0.15) is 0 Å². The van der Waals surface area contributed by atoms with E-state index in [9.17, 15) is 0 Å². The summed E-state index contributed by atoms with van der Waals surface area (Å²) in [5.74, 6) is 1.44. The van der Waals surface area contributed by atoms with Crippen LogP contribution >= 0.6 is 0 Å². The van der Waals surface area contributed by atoms with Crippen LogP contribution in [-0.2, 0) is 21.1 Å². The summed E-state index contributed by atoms with van der Waals surface area (Å²) in [4.78, 5) is 12.2. The Morgan fingerprint density at radius 2 is 1.70 bits per heavy atom. The van der Waals surface area contributed by atoms with Gasteiger partial charge in [-0.3, -0.25) is 4.57 Å². The SMILES string of the molecule is [CH3-].[NH-]c1nccc(-n2ccnc2-c2ccccc2)n1.[W+2]. The number of aromatic nitrogens is 4. The number of nitrogens with one attached hydrogen (secondary N) is 1. The van der Waals surface area contributed by atoms with Crippen molar-refractivity contribution in [1.29, 1.82) is 0 Å². The normalized spacial score (nSPS) is 9.40. The zero-order valence-corrected chi connectivity index (χ0v) is 13.8. The Morgan fingerprint density at radius 3 is 2.40 bits per heavy atom. The van der Waals surface area contributed by atoms with Crippen LogP contribution in [0.3, 0.4) is 0 Å². The molecule has 0 saturated carbocycles. The molecule has 0 spiro atoms. The van der Waals surface area contributed by atoms with E-state index >= 15 is 0 Å². The molecule has 0 aliphatic rings. The maximum Gasteiger partial charge on any atom is 2.00 e. The van der Waals surface area contributed by atoms with E-state index in [4.69, 9.17) is 5.73 Å². The summed E-state index contributed by atoms with van der Waals surface area (Å²) in [7, 11) is 0. The maximum atomic E-state index is 7.46. The van der Waals surface area contributed by atoms with Gasteiger partial charge in [0.1, 0.15) is 5.82 Å². The third-order valence-electron chi connectivity index (χ3n) is 2.56. The van der Waals surface area contributed by atoms with E-state index in [2.05, 4.69) is 15.0 Å². The van der Waals surface area contributed by atoms with E-state index in [1.54, 1.807) is 18.5 Å². The van der Waals surface area contributed by atoms with Crippen molar-refractivity contribution in [2.45, 2.75) is 0 Å². The summed E-state index contributed by atoms with van der Waals surface area (Å²) < 4.78 is 1.84. The van der Waals surface area contributed by atoms with Gasteiger partial charge in [0, 0.05) is 23.9 Å². The summed E-state index contributed by atoms with van der Waals surface area (Å²) in [6.07, 6.45) is 5.11. The Bertz CT molecular complexity index is 666. The number of nitrogens with zero attached hydrogens (tertiary/aromatic N) is 4. The van der Waals surface area contributed by atoms with Crippen LogP contribution < -0.4 is 0 Å². The molecule has 6 heteroatoms. The molecule has 0 unspecified atom stereocenters. The van der Waals surface area contributed by atoms with Crippen LogP contribution in [0, 0.1) is 7.43 Å². The summed E-state index contributed by atoms with van der Waals surface area (Å²) >= 11 is 0. The molecular weight excluding hydrogens is 422 g/mol. The summed E-state index contributed by atoms with van der Waals surface area (Å²) in [5, 5.41) is 0. The first-order chi connectivity index (χ1) is 8.84. The van der Waals surface area contributed by atoms with Crippen LogP contribution in [-0.4, -0.2) is 19.5 Å². The number of hydrogen-bond donors (Lipinski definition) is 0. The smallest absolute Gasteiger partial charge is 0.410 e. The maximum absolute atomic E-state index is 7.46. The van der Waals surface area contributed by atoms with Crippen LogP contribution in [0.2, 0.25) is 0 Å². The van der Waals surface area contributed by atoms with Gasteiger partial charge in [0.25, 0.3) is 0 Å². The number of imidazole rings is 1. The quantitative estimate of drug-likeness (QED) is 0.580. The van der Waals surface area contributed by atoms with Crippen LogP contribution in [0.25, 0.3) is 22.9 Å². The predicted octanol–water partition coefficient (Wildman–Crippen LogP) is 3.46. The molecule has 3 rings (SSSR count). The van der Waals surface area contributed by atoms with Crippen molar-refractivity contribution in [3.05, 3.63) is 68.1 Å². The van der Waals surface area contributed by atoms with Gasteiger partial charge in [-0.2, -0.15) is 0 Å². The molecule has 20 heavy (non-hydrogen) atoms. The van der Waals surface area contributed by atoms with Gasteiger partial charge in [-0.05, 0) is 12.3 Å². The van der Waals surface area contributed by atoms with Crippen LogP contribution in [0.5, 0.6) is 0 Å². The topological polar surface area (TPSA) is 67.4 Å². The van der Waals surface area contributed by atoms with Crippen molar-refractivity contribution in [1.82, 2.24) is 19.5 Å². The first kappa shape index (κ1) is 16.1. The third kappa shape index (κ3) is 3.11. The van der Waals surface area contributed by atoms with E-state index in [1.165, 1.54) is 0 Å². The van der Waals surface area contributed by atoms with Crippen LogP contribution in [0.4, 0.5) is 5.95 Å². The zero-order chi connectivity index (χ0) is 12.4. The number of rotatable bonds is 2. The van der Waals surface area contributed by atoms with E-state index in [0.717, 1.165) is 11.4 Å². The monoisotopic (exact) mass is 435 g/mol. The van der Waals surface area contributed by atoms with Crippen molar-refractivity contribution < 1.29 is 21.1 Å². The first-order valence-electron chi connectivity index (χ1n) is 5.48. The Labute approximate surface area is 132 Å². The third-order valence-corrected chi connectivity index (χ3v) is 2.56. The molecule has 2 aromatic heterocycles. The second-order valence-corrected chi connectivity index (χ2v) is 3.73. The molecule has 0 aliphatic carbocycles. The molecule has 0 bridgehead atoms. The minimum Gasteiger partial charge on any atom is -0.410 e. The van der Waals surface area contributed by atoms with Crippen molar-refractivity contribution in [2.75, 3.05) is 0 Å². The fourth-order valence-corrected chi connectivity index (χ4v) is 1.77. The largest absolute Gasteiger partial charge is 2.00 e. The molecule has 5 nitrogen and oxygen atoms in total. The van der Waals surface area contributed by atoms with Gasteiger partial charge in [-0.1, -0.05) is 30.3 Å². The first-order valence-corrected chi connectivity index (χ1v) is 5.48. The standard InChI is InChI=1S/C13H10N5.CH3.W/c14-13-16-7-6-11(17-13)18-9-8-15-12(18)10-4-2-1-3-5-10;;/h1-9H,(H-,14,16,17);1H3;/q2*-1;+2. The molecular formula is C14H13N5W. The fraction of sp³-hybridized carbons (Fsp3) is 0. The molecule has 0 amide bonds. The second kappa shape index (κ2) is 6.96. The van der Waals surface area contributed by atoms with Gasteiger partial charge < -0.3 is 23.1 Å². The Kier molecular flexibility index (Phi) is 5.59. The van der Waals surface area contributed by atoms with Gasteiger partial charge in [0.05, 0.1) is 5.82 Å². The van der Waals surface area contributed by atoms with Crippen molar-refractivity contribution in [3.8, 4) is 17.2 Å². The molecule has 1 N–H and O–H groups in total. The van der Waals surface area contributed by atoms with Gasteiger partial charge in [0.15, 0.2) is 0 Å². The minimum atomic E-state index is 0. The van der Waals surface area contributed by atoms with Crippen molar-refractivity contribution >= 4 is 5.95 Å². The molecule has 2 heterocycles. The van der Waals surface area contributed by atoms with Crippen LogP contribution in [0.15, 0.2) is 55.0 Å². The Morgan fingerprint density at radius 1 is 0.950 bits per heavy atom. The number of benzene rings is 1. The average Bonchev–Trinajstić information content (AvgIpc) is 2.89. The van der Waals surface area contributed by atoms with Crippen molar-refractivity contribution in [3.63, 3.8) is 0 Å². The summed E-state index contributed by atoms with van der Waals surface area (Å²) in [6.45, 7) is 0. The molecule has 0 fully saturated rings. The van der Waals surface area contributed by atoms with Crippen molar-refractivity contribution in [2.24, 2.45) is 0 Å². The van der Waals surface area contributed by atoms with Gasteiger partial charge in [-0.25, -0.2) is 4.98 Å². The molecule has 0 aliphatic heterocycles. The summed E-state index contributed by atoms with van der Waals surface area (Å²) in [5.41, 5.74) is 8.46. The van der Waals surface area contributed by atoms with Gasteiger partial charge in [0.2, 0.25) is 0 Å². The zero-order valence-electron chi connectivity index (χ0n) is 10.9. The number of hydrogen-bond acceptors (Lipinski definition) is 3. The molecule has 100 valence electrons. The molecule has 0 atom stereocenters. The molecule has 3 aromatic rings. The van der Waals surface area contributed by atoms with E-state index < -0.39 is 0 Å². The molecule has 1 aromatic carbocycles. The predicted molar refractivity (Wildman–Crippen MR) is 75.0 cm³/mol. The minimum absolute atomic E-state index is 0. The van der Waals surface area contributed by atoms with E-state index in [-0.39, 0.29) is 34.4 Å². The van der Waals surface area contributed by atoms with E-state index in [1.807, 2.05) is 41.1 Å². The van der Waals surface area contributed by atoms with Gasteiger partial charge in [-0.15, -0.1) is 0 Å². The Hall–Kier alpha value is -2.00. The molecule has 0 radical (unpaired) electrons. The van der Waals surface area contributed by atoms with Gasteiger partial charge >= 0.3 is 21.1 Å². The summed E-state index contributed by atoms with van der Waals surface area (Å²) in [6, 6.07) is 11.6. The fourth-order valence-electron chi connectivity index (χ4n) is 1.77. The second-order valence-electron chi connectivity index (χ2n) is 3.73. The molecule has 0 saturated heterocycles.